The molecule has 3 heteroatoms. The van der Waals surface area contributed by atoms with Crippen molar-refractivity contribution in [2.75, 3.05) is 11.4 Å². The van der Waals surface area contributed by atoms with Crippen LogP contribution in [0.1, 0.15) is 5.56 Å². The minimum Gasteiger partial charge on any atom is -0.322 e. The number of nitrogens with zero attached hydrogens (tertiary/aromatic N) is 3. The summed E-state index contributed by atoms with van der Waals surface area (Å²) in [5.74, 6) is 0.998. The second-order valence-corrected chi connectivity index (χ2v) is 3.27. The number of aromatic nitrogens is 2. The molecule has 3 nitrogen and oxygen atoms in total. The van der Waals surface area contributed by atoms with Crippen molar-refractivity contribution in [2.24, 2.45) is 0 Å². The topological polar surface area (TPSA) is 29.0 Å². The van der Waals surface area contributed by atoms with Crippen LogP contribution < -0.4 is 4.90 Å². The number of allylic oxidation sites excluding steroid dienone is 3. The van der Waals surface area contributed by atoms with Crippen molar-refractivity contribution >= 4 is 11.9 Å². The molecule has 2 aliphatic rings. The summed E-state index contributed by atoms with van der Waals surface area (Å²) in [7, 11) is 0. The lowest BCUT2D eigenvalue weighted by Crippen LogP contribution is -2.26. The highest BCUT2D eigenvalue weighted by Crippen LogP contribution is 2.28. The van der Waals surface area contributed by atoms with E-state index in [4.69, 9.17) is 0 Å². The van der Waals surface area contributed by atoms with E-state index in [0.29, 0.717) is 0 Å². The van der Waals surface area contributed by atoms with Crippen molar-refractivity contribution < 1.29 is 0 Å². The fourth-order valence-electron chi connectivity index (χ4n) is 1.73. The summed E-state index contributed by atoms with van der Waals surface area (Å²) < 4.78 is 0. The summed E-state index contributed by atoms with van der Waals surface area (Å²) >= 11 is 0. The van der Waals surface area contributed by atoms with Gasteiger partial charge >= 0.3 is 0 Å². The van der Waals surface area contributed by atoms with Crippen LogP contribution in [0, 0.1) is 0 Å². The molecule has 1 aromatic rings. The summed E-state index contributed by atoms with van der Waals surface area (Å²) in [6.07, 6.45) is 13.9. The first-order chi connectivity index (χ1) is 6.95. The molecule has 3 rings (SSSR count). The lowest BCUT2D eigenvalue weighted by atomic mass is 10.1. The van der Waals surface area contributed by atoms with Gasteiger partial charge in [0, 0.05) is 24.0 Å². The third-order valence-corrected chi connectivity index (χ3v) is 2.41. The quantitative estimate of drug-likeness (QED) is 0.613. The maximum atomic E-state index is 4.29. The minimum absolute atomic E-state index is 0.889. The van der Waals surface area contributed by atoms with Crippen molar-refractivity contribution in [1.82, 2.24) is 9.97 Å². The fourth-order valence-corrected chi connectivity index (χ4v) is 1.73. The number of hydrogen-bond donors (Lipinski definition) is 0. The van der Waals surface area contributed by atoms with Gasteiger partial charge in [0.1, 0.15) is 12.1 Å². The first kappa shape index (κ1) is 7.50. The van der Waals surface area contributed by atoms with E-state index >= 15 is 0 Å². The molecular formula is C11H9N3. The standard InChI is InChI=1S/C11H9N3/c1-2-6-14-10(3-1)5-4-9-7-12-8-13-11(9)14/h1-5,7-8H,6H2. The maximum Gasteiger partial charge on any atom is 0.143 e. The molecule has 0 radical (unpaired) electrons. The van der Waals surface area contributed by atoms with Crippen LogP contribution in [0.3, 0.4) is 0 Å². The van der Waals surface area contributed by atoms with Crippen molar-refractivity contribution in [2.45, 2.75) is 0 Å². The molecule has 0 saturated carbocycles. The van der Waals surface area contributed by atoms with Crippen LogP contribution in [0.4, 0.5) is 5.82 Å². The lowest BCUT2D eigenvalue weighted by Gasteiger charge is -2.29. The molecule has 0 amide bonds. The molecule has 0 N–H and O–H groups in total. The van der Waals surface area contributed by atoms with E-state index in [1.807, 2.05) is 6.20 Å². The van der Waals surface area contributed by atoms with Crippen molar-refractivity contribution in [3.05, 3.63) is 48.1 Å². The van der Waals surface area contributed by atoms with Gasteiger partial charge in [0.15, 0.2) is 0 Å². The summed E-state index contributed by atoms with van der Waals surface area (Å²) in [6, 6.07) is 0. The predicted molar refractivity (Wildman–Crippen MR) is 55.6 cm³/mol. The molecule has 68 valence electrons. The molecule has 0 bridgehead atoms. The van der Waals surface area contributed by atoms with Crippen LogP contribution >= 0.6 is 0 Å². The Kier molecular flexibility index (Phi) is 1.50. The highest BCUT2D eigenvalue weighted by Gasteiger charge is 2.18. The largest absolute Gasteiger partial charge is 0.322 e. The summed E-state index contributed by atoms with van der Waals surface area (Å²) in [5, 5.41) is 0. The molecule has 0 saturated heterocycles. The molecule has 0 atom stereocenters. The Labute approximate surface area is 82.1 Å². The van der Waals surface area contributed by atoms with Gasteiger partial charge < -0.3 is 4.90 Å². The maximum absolute atomic E-state index is 4.29. The first-order valence-corrected chi connectivity index (χ1v) is 4.57. The molecule has 1 aromatic heterocycles. The average Bonchev–Trinajstić information content (AvgIpc) is 2.29. The van der Waals surface area contributed by atoms with Gasteiger partial charge in [-0.3, -0.25) is 0 Å². The van der Waals surface area contributed by atoms with Crippen molar-refractivity contribution in [1.29, 1.82) is 0 Å². The van der Waals surface area contributed by atoms with Gasteiger partial charge in [0.2, 0.25) is 0 Å². The average molecular weight is 183 g/mol. The van der Waals surface area contributed by atoms with Gasteiger partial charge in [-0.25, -0.2) is 9.97 Å². The molecule has 0 unspecified atom stereocenters. The molecule has 3 heterocycles. The highest BCUT2D eigenvalue weighted by molar-refractivity contribution is 5.73. The third-order valence-electron chi connectivity index (χ3n) is 2.41. The van der Waals surface area contributed by atoms with E-state index in [2.05, 4.69) is 45.2 Å². The Balaban J connectivity index is 2.18. The van der Waals surface area contributed by atoms with Crippen molar-refractivity contribution in [3.8, 4) is 0 Å². The van der Waals surface area contributed by atoms with E-state index in [9.17, 15) is 0 Å². The summed E-state index contributed by atoms with van der Waals surface area (Å²) in [5.41, 5.74) is 2.28. The number of rotatable bonds is 0. The van der Waals surface area contributed by atoms with Crippen LogP contribution in [-0.2, 0) is 0 Å². The normalized spacial score (nSPS) is 17.4. The van der Waals surface area contributed by atoms with Crippen LogP contribution in [0.2, 0.25) is 0 Å². The Hall–Kier alpha value is -1.90. The van der Waals surface area contributed by atoms with Crippen LogP contribution in [0.15, 0.2) is 42.5 Å². The second-order valence-electron chi connectivity index (χ2n) is 3.27. The Morgan fingerprint density at radius 3 is 3.29 bits per heavy atom. The molecule has 14 heavy (non-hydrogen) atoms. The molecule has 0 fully saturated rings. The Morgan fingerprint density at radius 2 is 2.29 bits per heavy atom. The van der Waals surface area contributed by atoms with Gasteiger partial charge in [-0.05, 0) is 18.2 Å². The smallest absolute Gasteiger partial charge is 0.143 e. The zero-order valence-electron chi connectivity index (χ0n) is 7.59. The second kappa shape index (κ2) is 2.80. The van der Waals surface area contributed by atoms with E-state index in [0.717, 1.165) is 17.9 Å². The van der Waals surface area contributed by atoms with Crippen LogP contribution in [0.25, 0.3) is 6.08 Å². The third kappa shape index (κ3) is 0.988. The van der Waals surface area contributed by atoms with E-state index < -0.39 is 0 Å². The van der Waals surface area contributed by atoms with E-state index in [1.54, 1.807) is 6.33 Å². The molecular weight excluding hydrogens is 174 g/mol. The zero-order valence-corrected chi connectivity index (χ0v) is 7.59. The number of hydrogen-bond acceptors (Lipinski definition) is 3. The first-order valence-electron chi connectivity index (χ1n) is 4.57. The Bertz CT molecular complexity index is 457. The van der Waals surface area contributed by atoms with Gasteiger partial charge in [-0.2, -0.15) is 0 Å². The SMILES string of the molecule is C1=CCN2C(=C1)C=Cc1cncnc12. The van der Waals surface area contributed by atoms with Crippen LogP contribution in [0.5, 0.6) is 0 Å². The Morgan fingerprint density at radius 1 is 1.29 bits per heavy atom. The minimum atomic E-state index is 0.889. The fraction of sp³-hybridized carbons (Fsp3) is 0.0909. The highest BCUT2D eigenvalue weighted by atomic mass is 15.2. The molecule has 0 aromatic carbocycles. The van der Waals surface area contributed by atoms with Gasteiger partial charge in [-0.1, -0.05) is 12.2 Å². The van der Waals surface area contributed by atoms with Gasteiger partial charge in [0.05, 0.1) is 0 Å². The van der Waals surface area contributed by atoms with Gasteiger partial charge in [0.25, 0.3) is 0 Å². The van der Waals surface area contributed by atoms with Crippen molar-refractivity contribution in [3.63, 3.8) is 0 Å². The van der Waals surface area contributed by atoms with E-state index in [1.165, 1.54) is 5.70 Å². The monoisotopic (exact) mass is 183 g/mol. The molecule has 2 aliphatic heterocycles. The van der Waals surface area contributed by atoms with Crippen LogP contribution in [-0.4, -0.2) is 16.5 Å². The number of fused-ring (bicyclic) bond motifs is 3. The van der Waals surface area contributed by atoms with Gasteiger partial charge in [-0.15, -0.1) is 0 Å². The lowest BCUT2D eigenvalue weighted by molar-refractivity contribution is 0.961. The number of anilines is 1. The summed E-state index contributed by atoms with van der Waals surface area (Å²) in [4.78, 5) is 10.5. The molecule has 0 aliphatic carbocycles. The predicted octanol–water partition coefficient (Wildman–Crippen LogP) is 1.76. The zero-order chi connectivity index (χ0) is 9.38. The van der Waals surface area contributed by atoms with E-state index in [-0.39, 0.29) is 0 Å². The molecule has 0 spiro atoms. The summed E-state index contributed by atoms with van der Waals surface area (Å²) in [6.45, 7) is 0.889.